The van der Waals surface area contributed by atoms with E-state index >= 15 is 0 Å². The average molecular weight is 367 g/mol. The largest absolute Gasteiger partial charge is 0.309 e. The molecule has 0 fully saturated rings. The number of halogens is 1. The van der Waals surface area contributed by atoms with Gasteiger partial charge in [-0.25, -0.2) is 0 Å². The molecule has 3 nitrogen and oxygen atoms in total. The summed E-state index contributed by atoms with van der Waals surface area (Å²) in [6, 6.07) is 8.85. The number of hydrogen-bond acceptors (Lipinski definition) is 3. The first-order valence-corrected chi connectivity index (χ1v) is 7.53. The number of aryl methyl sites for hydroxylation is 1. The van der Waals surface area contributed by atoms with E-state index in [1.165, 1.54) is 9.13 Å². The Morgan fingerprint density at radius 1 is 1.16 bits per heavy atom. The number of hydrogen-bond donors (Lipinski definition) is 1. The lowest BCUT2D eigenvalue weighted by Crippen LogP contribution is -2.24. The molecule has 0 aliphatic carbocycles. The average Bonchev–Trinajstić information content (AvgIpc) is 2.42. The van der Waals surface area contributed by atoms with Gasteiger partial charge in [-0.2, -0.15) is 0 Å². The summed E-state index contributed by atoms with van der Waals surface area (Å²) in [5, 5.41) is 3.48. The standard InChI is InChI=1S/C15H18IN3/c1-3-17-14(15-10-18-11(2)9-19-15)8-12-4-6-13(16)7-5-12/h4-7,9-10,14,17H,3,8H2,1-2H3. The van der Waals surface area contributed by atoms with Crippen LogP contribution < -0.4 is 5.32 Å². The molecule has 0 bridgehead atoms. The van der Waals surface area contributed by atoms with Crippen molar-refractivity contribution in [2.24, 2.45) is 0 Å². The third kappa shape index (κ3) is 4.24. The maximum atomic E-state index is 4.48. The summed E-state index contributed by atoms with van der Waals surface area (Å²) >= 11 is 2.32. The lowest BCUT2D eigenvalue weighted by molar-refractivity contribution is 0.534. The molecule has 0 aliphatic heterocycles. The Hall–Kier alpha value is -1.01. The summed E-state index contributed by atoms with van der Waals surface area (Å²) < 4.78 is 1.26. The predicted molar refractivity (Wildman–Crippen MR) is 86.0 cm³/mol. The van der Waals surface area contributed by atoms with Crippen LogP contribution in [-0.2, 0) is 6.42 Å². The van der Waals surface area contributed by atoms with E-state index in [0.717, 1.165) is 24.4 Å². The highest BCUT2D eigenvalue weighted by Gasteiger charge is 2.12. The number of nitrogens with zero attached hydrogens (tertiary/aromatic N) is 2. The Bertz CT molecular complexity index is 508. The van der Waals surface area contributed by atoms with Crippen molar-refractivity contribution in [2.75, 3.05) is 6.54 Å². The molecule has 0 amide bonds. The second-order valence-electron chi connectivity index (χ2n) is 4.52. The van der Waals surface area contributed by atoms with Crippen molar-refractivity contribution in [1.82, 2.24) is 15.3 Å². The molecule has 0 saturated heterocycles. The van der Waals surface area contributed by atoms with Crippen LogP contribution in [0.5, 0.6) is 0 Å². The maximum Gasteiger partial charge on any atom is 0.0759 e. The van der Waals surface area contributed by atoms with Crippen LogP contribution in [0.15, 0.2) is 36.7 Å². The zero-order valence-corrected chi connectivity index (χ0v) is 13.4. The summed E-state index contributed by atoms with van der Waals surface area (Å²) in [4.78, 5) is 8.82. The zero-order chi connectivity index (χ0) is 13.7. The van der Waals surface area contributed by atoms with E-state index in [-0.39, 0.29) is 6.04 Å². The molecule has 0 aliphatic rings. The lowest BCUT2D eigenvalue weighted by Gasteiger charge is -2.17. The van der Waals surface area contributed by atoms with Crippen LogP contribution >= 0.6 is 22.6 Å². The van der Waals surface area contributed by atoms with Gasteiger partial charge in [-0.1, -0.05) is 19.1 Å². The van der Waals surface area contributed by atoms with E-state index < -0.39 is 0 Å². The summed E-state index contributed by atoms with van der Waals surface area (Å²) in [5.41, 5.74) is 3.27. The molecule has 1 aromatic heterocycles. The lowest BCUT2D eigenvalue weighted by atomic mass is 10.0. The third-order valence-electron chi connectivity index (χ3n) is 2.96. The molecule has 2 rings (SSSR count). The predicted octanol–water partition coefficient (Wildman–Crippen LogP) is 3.28. The number of aromatic nitrogens is 2. The van der Waals surface area contributed by atoms with Gasteiger partial charge in [0.1, 0.15) is 0 Å². The van der Waals surface area contributed by atoms with Gasteiger partial charge >= 0.3 is 0 Å². The van der Waals surface area contributed by atoms with Crippen molar-refractivity contribution >= 4 is 22.6 Å². The van der Waals surface area contributed by atoms with Crippen molar-refractivity contribution in [3.8, 4) is 0 Å². The third-order valence-corrected chi connectivity index (χ3v) is 3.68. The van der Waals surface area contributed by atoms with Crippen molar-refractivity contribution in [2.45, 2.75) is 26.3 Å². The Balaban J connectivity index is 2.15. The minimum atomic E-state index is 0.221. The molecule has 0 spiro atoms. The van der Waals surface area contributed by atoms with Gasteiger partial charge in [0.2, 0.25) is 0 Å². The van der Waals surface area contributed by atoms with Gasteiger partial charge < -0.3 is 5.32 Å². The summed E-state index contributed by atoms with van der Waals surface area (Å²) in [5.74, 6) is 0. The molecule has 1 aromatic carbocycles. The van der Waals surface area contributed by atoms with Crippen molar-refractivity contribution in [3.05, 3.63) is 57.2 Å². The van der Waals surface area contributed by atoms with Crippen LogP contribution in [0.1, 0.15) is 29.9 Å². The molecule has 1 unspecified atom stereocenters. The van der Waals surface area contributed by atoms with Gasteiger partial charge in [0.15, 0.2) is 0 Å². The summed E-state index contributed by atoms with van der Waals surface area (Å²) in [6.45, 7) is 4.99. The first-order valence-electron chi connectivity index (χ1n) is 6.45. The monoisotopic (exact) mass is 367 g/mol. The van der Waals surface area contributed by atoms with Gasteiger partial charge in [0.25, 0.3) is 0 Å². The van der Waals surface area contributed by atoms with Gasteiger partial charge in [-0.15, -0.1) is 0 Å². The highest BCUT2D eigenvalue weighted by atomic mass is 127. The zero-order valence-electron chi connectivity index (χ0n) is 11.2. The Kier molecular flexibility index (Phi) is 5.27. The second-order valence-corrected chi connectivity index (χ2v) is 5.77. The highest BCUT2D eigenvalue weighted by Crippen LogP contribution is 2.17. The molecule has 1 heterocycles. The van der Waals surface area contributed by atoms with Crippen LogP contribution in [0.4, 0.5) is 0 Å². The Labute approximate surface area is 128 Å². The van der Waals surface area contributed by atoms with E-state index in [4.69, 9.17) is 0 Å². The topological polar surface area (TPSA) is 37.8 Å². The van der Waals surface area contributed by atoms with Crippen molar-refractivity contribution in [1.29, 1.82) is 0 Å². The van der Waals surface area contributed by atoms with E-state index in [0.29, 0.717) is 0 Å². The van der Waals surface area contributed by atoms with Crippen LogP contribution in [0.3, 0.4) is 0 Å². The highest BCUT2D eigenvalue weighted by molar-refractivity contribution is 14.1. The van der Waals surface area contributed by atoms with Gasteiger partial charge in [0, 0.05) is 9.77 Å². The molecular weight excluding hydrogens is 349 g/mol. The minimum absolute atomic E-state index is 0.221. The van der Waals surface area contributed by atoms with E-state index in [1.807, 2.05) is 19.3 Å². The number of likely N-dealkylation sites (N-methyl/N-ethyl adjacent to an activating group) is 1. The van der Waals surface area contributed by atoms with Gasteiger partial charge in [-0.05, 0) is 60.2 Å². The molecule has 19 heavy (non-hydrogen) atoms. The molecule has 100 valence electrons. The van der Waals surface area contributed by atoms with Crippen molar-refractivity contribution < 1.29 is 0 Å². The first-order chi connectivity index (χ1) is 9.19. The van der Waals surface area contributed by atoms with Gasteiger partial charge in [0.05, 0.1) is 23.6 Å². The van der Waals surface area contributed by atoms with E-state index in [2.05, 4.69) is 69.1 Å². The maximum absolute atomic E-state index is 4.48. The van der Waals surface area contributed by atoms with Crippen LogP contribution in [0.25, 0.3) is 0 Å². The smallest absolute Gasteiger partial charge is 0.0759 e. The summed E-state index contributed by atoms with van der Waals surface area (Å²) in [6.07, 6.45) is 4.63. The van der Waals surface area contributed by atoms with Gasteiger partial charge in [-0.3, -0.25) is 9.97 Å². The number of nitrogens with one attached hydrogen (secondary N) is 1. The van der Waals surface area contributed by atoms with E-state index in [1.54, 1.807) is 0 Å². The Morgan fingerprint density at radius 3 is 2.47 bits per heavy atom. The number of benzene rings is 1. The summed E-state index contributed by atoms with van der Waals surface area (Å²) in [7, 11) is 0. The van der Waals surface area contributed by atoms with Crippen molar-refractivity contribution in [3.63, 3.8) is 0 Å². The minimum Gasteiger partial charge on any atom is -0.309 e. The van der Waals surface area contributed by atoms with Crippen LogP contribution in [0, 0.1) is 10.5 Å². The molecule has 1 N–H and O–H groups in total. The quantitative estimate of drug-likeness (QED) is 0.825. The molecule has 0 radical (unpaired) electrons. The second kappa shape index (κ2) is 6.96. The fourth-order valence-electron chi connectivity index (χ4n) is 1.97. The SMILES string of the molecule is CCNC(Cc1ccc(I)cc1)c1cnc(C)cn1. The molecular formula is C15H18IN3. The molecule has 0 saturated carbocycles. The Morgan fingerprint density at radius 2 is 1.89 bits per heavy atom. The molecule has 1 atom stereocenters. The fraction of sp³-hybridized carbons (Fsp3) is 0.333. The van der Waals surface area contributed by atoms with Crippen LogP contribution in [0.2, 0.25) is 0 Å². The number of rotatable bonds is 5. The van der Waals surface area contributed by atoms with E-state index in [9.17, 15) is 0 Å². The first kappa shape index (κ1) is 14.4. The normalized spacial score (nSPS) is 12.4. The fourth-order valence-corrected chi connectivity index (χ4v) is 2.33. The molecule has 2 aromatic rings. The van der Waals surface area contributed by atoms with Crippen LogP contribution in [-0.4, -0.2) is 16.5 Å². The molecule has 4 heteroatoms.